The van der Waals surface area contributed by atoms with Crippen LogP contribution in [-0.4, -0.2) is 30.0 Å². The van der Waals surface area contributed by atoms with Crippen molar-refractivity contribution in [2.75, 3.05) is 7.11 Å². The zero-order chi connectivity index (χ0) is 15.6. The van der Waals surface area contributed by atoms with Crippen molar-refractivity contribution in [3.05, 3.63) is 29.6 Å². The van der Waals surface area contributed by atoms with Crippen molar-refractivity contribution in [2.24, 2.45) is 5.92 Å². The highest BCUT2D eigenvalue weighted by Gasteiger charge is 2.37. The maximum Gasteiger partial charge on any atom is 0.325 e. The lowest BCUT2D eigenvalue weighted by molar-refractivity contribution is -0.128. The van der Waals surface area contributed by atoms with E-state index in [0.717, 1.165) is 4.90 Å². The monoisotopic (exact) mass is 294 g/mol. The molecule has 1 heterocycles. The van der Waals surface area contributed by atoms with E-state index in [0.29, 0.717) is 17.9 Å². The largest absolute Gasteiger partial charge is 0.494 e. The molecule has 1 fully saturated rings. The lowest BCUT2D eigenvalue weighted by Crippen LogP contribution is -2.31. The first-order valence-corrected chi connectivity index (χ1v) is 6.86. The molecule has 1 aliphatic rings. The van der Waals surface area contributed by atoms with E-state index in [4.69, 9.17) is 4.74 Å². The Labute approximate surface area is 123 Å². The van der Waals surface area contributed by atoms with Gasteiger partial charge in [0.25, 0.3) is 5.91 Å². The van der Waals surface area contributed by atoms with E-state index in [2.05, 4.69) is 5.32 Å². The zero-order valence-electron chi connectivity index (χ0n) is 12.4. The van der Waals surface area contributed by atoms with E-state index in [9.17, 15) is 14.0 Å². The minimum Gasteiger partial charge on any atom is -0.494 e. The molecule has 0 radical (unpaired) electrons. The van der Waals surface area contributed by atoms with Gasteiger partial charge in [0.1, 0.15) is 6.04 Å². The number of urea groups is 1. The number of halogens is 1. The van der Waals surface area contributed by atoms with Crippen molar-refractivity contribution < 1.29 is 18.7 Å². The van der Waals surface area contributed by atoms with Gasteiger partial charge in [-0.15, -0.1) is 0 Å². The normalized spacial score (nSPS) is 18.3. The SMILES string of the molecule is COc1ccc(CN2C(=O)N[C@@H](CC(C)C)C2=O)cc1F. The number of imide groups is 1. The van der Waals surface area contributed by atoms with Gasteiger partial charge in [-0.2, -0.15) is 0 Å². The van der Waals surface area contributed by atoms with Crippen LogP contribution in [0.3, 0.4) is 0 Å². The molecule has 0 bridgehead atoms. The van der Waals surface area contributed by atoms with E-state index in [-0.39, 0.29) is 18.2 Å². The molecule has 1 atom stereocenters. The smallest absolute Gasteiger partial charge is 0.325 e. The third-order valence-corrected chi connectivity index (χ3v) is 3.37. The first-order valence-electron chi connectivity index (χ1n) is 6.86. The van der Waals surface area contributed by atoms with Crippen LogP contribution in [0, 0.1) is 11.7 Å². The van der Waals surface area contributed by atoms with Gasteiger partial charge >= 0.3 is 6.03 Å². The molecule has 0 saturated carbocycles. The summed E-state index contributed by atoms with van der Waals surface area (Å²) in [4.78, 5) is 25.2. The second kappa shape index (κ2) is 6.11. The topological polar surface area (TPSA) is 58.6 Å². The Morgan fingerprint density at radius 1 is 1.38 bits per heavy atom. The summed E-state index contributed by atoms with van der Waals surface area (Å²) in [6, 6.07) is 3.48. The highest BCUT2D eigenvalue weighted by molar-refractivity contribution is 6.04. The molecule has 1 aromatic rings. The number of carbonyl (C=O) groups excluding carboxylic acids is 2. The predicted molar refractivity (Wildman–Crippen MR) is 75.3 cm³/mol. The highest BCUT2D eigenvalue weighted by Crippen LogP contribution is 2.21. The Balaban J connectivity index is 2.10. The predicted octanol–water partition coefficient (Wildman–Crippen LogP) is 2.30. The number of ether oxygens (including phenoxy) is 1. The van der Waals surface area contributed by atoms with Gasteiger partial charge in [0, 0.05) is 0 Å². The van der Waals surface area contributed by atoms with E-state index in [1.807, 2.05) is 13.8 Å². The Bertz CT molecular complexity index is 560. The molecule has 2 rings (SSSR count). The minimum atomic E-state index is -0.513. The van der Waals surface area contributed by atoms with Crippen LogP contribution in [0.5, 0.6) is 5.75 Å². The maximum absolute atomic E-state index is 13.6. The lowest BCUT2D eigenvalue weighted by atomic mass is 10.0. The van der Waals surface area contributed by atoms with E-state index >= 15 is 0 Å². The van der Waals surface area contributed by atoms with Gasteiger partial charge in [0.2, 0.25) is 0 Å². The molecule has 1 N–H and O–H groups in total. The van der Waals surface area contributed by atoms with E-state index in [1.165, 1.54) is 19.2 Å². The van der Waals surface area contributed by atoms with E-state index < -0.39 is 17.9 Å². The summed E-state index contributed by atoms with van der Waals surface area (Å²) in [6.07, 6.45) is 0.595. The summed E-state index contributed by atoms with van der Waals surface area (Å²) in [5.74, 6) is -0.336. The number of hydrogen-bond donors (Lipinski definition) is 1. The van der Waals surface area contributed by atoms with Crippen LogP contribution in [-0.2, 0) is 11.3 Å². The van der Waals surface area contributed by atoms with Crippen molar-refractivity contribution in [1.29, 1.82) is 0 Å². The molecular weight excluding hydrogens is 275 g/mol. The molecule has 1 saturated heterocycles. The minimum absolute atomic E-state index is 0.0557. The Kier molecular flexibility index (Phi) is 4.45. The molecule has 0 unspecified atom stereocenters. The third-order valence-electron chi connectivity index (χ3n) is 3.37. The Morgan fingerprint density at radius 2 is 2.10 bits per heavy atom. The average Bonchev–Trinajstić information content (AvgIpc) is 2.66. The molecule has 0 aromatic heterocycles. The van der Waals surface area contributed by atoms with Gasteiger partial charge in [0.15, 0.2) is 11.6 Å². The Morgan fingerprint density at radius 3 is 2.67 bits per heavy atom. The van der Waals surface area contributed by atoms with Crippen molar-refractivity contribution in [3.63, 3.8) is 0 Å². The van der Waals surface area contributed by atoms with Crippen molar-refractivity contribution in [1.82, 2.24) is 10.2 Å². The molecule has 21 heavy (non-hydrogen) atoms. The molecule has 114 valence electrons. The number of rotatable bonds is 5. The van der Waals surface area contributed by atoms with Crippen molar-refractivity contribution in [2.45, 2.75) is 32.9 Å². The number of nitrogens with zero attached hydrogens (tertiary/aromatic N) is 1. The zero-order valence-corrected chi connectivity index (χ0v) is 12.4. The standard InChI is InChI=1S/C15H19FN2O3/c1-9(2)6-12-14(19)18(15(20)17-12)8-10-4-5-13(21-3)11(16)7-10/h4-5,7,9,12H,6,8H2,1-3H3,(H,17,20)/t12-/m0/s1. The second-order valence-corrected chi connectivity index (χ2v) is 5.52. The maximum atomic E-state index is 13.6. The van der Waals surface area contributed by atoms with Gasteiger partial charge in [-0.3, -0.25) is 9.69 Å². The van der Waals surface area contributed by atoms with Crippen molar-refractivity contribution in [3.8, 4) is 5.75 Å². The third kappa shape index (κ3) is 3.32. The van der Waals surface area contributed by atoms with Gasteiger partial charge in [-0.1, -0.05) is 19.9 Å². The molecule has 0 aliphatic carbocycles. The molecule has 6 heteroatoms. The van der Waals surface area contributed by atoms with Crippen LogP contribution >= 0.6 is 0 Å². The van der Waals surface area contributed by atoms with Gasteiger partial charge in [0.05, 0.1) is 13.7 Å². The van der Waals surface area contributed by atoms with Crippen molar-refractivity contribution >= 4 is 11.9 Å². The van der Waals surface area contributed by atoms with Crippen LogP contribution in [0.2, 0.25) is 0 Å². The fourth-order valence-electron chi connectivity index (χ4n) is 2.35. The fraction of sp³-hybridized carbons (Fsp3) is 0.467. The van der Waals surface area contributed by atoms with Gasteiger partial charge in [-0.05, 0) is 30.0 Å². The summed E-state index contributed by atoms with van der Waals surface area (Å²) in [7, 11) is 1.38. The fourth-order valence-corrected chi connectivity index (χ4v) is 2.35. The first-order chi connectivity index (χ1) is 9.92. The molecule has 1 aliphatic heterocycles. The summed E-state index contributed by atoms with van der Waals surface area (Å²) < 4.78 is 18.5. The molecule has 1 aromatic carbocycles. The Hall–Kier alpha value is -2.11. The number of carbonyl (C=O) groups is 2. The van der Waals surface area contributed by atoms with Gasteiger partial charge < -0.3 is 10.1 Å². The van der Waals surface area contributed by atoms with E-state index in [1.54, 1.807) is 6.07 Å². The lowest BCUT2D eigenvalue weighted by Gasteiger charge is -2.14. The van der Waals surface area contributed by atoms with Crippen LogP contribution in [0.15, 0.2) is 18.2 Å². The molecule has 3 amide bonds. The number of nitrogens with one attached hydrogen (secondary N) is 1. The summed E-state index contributed by atoms with van der Waals surface area (Å²) in [5, 5.41) is 2.66. The molecular formula is C15H19FN2O3. The number of amides is 3. The summed E-state index contributed by atoms with van der Waals surface area (Å²) in [6.45, 7) is 4.03. The molecule has 5 nitrogen and oxygen atoms in total. The van der Waals surface area contributed by atoms with Gasteiger partial charge in [-0.25, -0.2) is 9.18 Å². The number of benzene rings is 1. The van der Waals surface area contributed by atoms with Crippen LogP contribution in [0.1, 0.15) is 25.8 Å². The molecule has 0 spiro atoms. The summed E-state index contributed by atoms with van der Waals surface area (Å²) >= 11 is 0. The van der Waals surface area contributed by atoms with Crippen LogP contribution in [0.4, 0.5) is 9.18 Å². The second-order valence-electron chi connectivity index (χ2n) is 5.52. The average molecular weight is 294 g/mol. The summed E-state index contributed by atoms with van der Waals surface area (Å²) in [5.41, 5.74) is 0.544. The number of hydrogen-bond acceptors (Lipinski definition) is 3. The van der Waals surface area contributed by atoms with Crippen LogP contribution in [0.25, 0.3) is 0 Å². The number of methoxy groups -OCH3 is 1. The quantitative estimate of drug-likeness (QED) is 0.848. The highest BCUT2D eigenvalue weighted by atomic mass is 19.1. The van der Waals surface area contributed by atoms with Crippen LogP contribution < -0.4 is 10.1 Å². The first kappa shape index (κ1) is 15.3.